The number of nitrogens with one attached hydrogen (secondary N) is 1. The summed E-state index contributed by atoms with van der Waals surface area (Å²) < 4.78 is 2.91. The number of nitrogens with zero attached hydrogens (tertiary/aromatic N) is 3. The van der Waals surface area contributed by atoms with Gasteiger partial charge in [0, 0.05) is 30.8 Å². The first kappa shape index (κ1) is 15.5. The standard InChI is InChI=1S/C15H19ClN4OS/c1-10(11-5-6-12(16)22-11)15(21)17-8-7-14-19-18-13-4-2-3-9-20(13)14/h5-6,10H,2-4,7-9H2,1H3,(H,17,21)/t10-/m0/s1. The predicted molar refractivity (Wildman–Crippen MR) is 87.4 cm³/mol. The molecule has 5 nitrogen and oxygen atoms in total. The van der Waals surface area contributed by atoms with Crippen molar-refractivity contribution < 1.29 is 4.79 Å². The number of aryl methyl sites for hydroxylation is 1. The number of aromatic nitrogens is 3. The summed E-state index contributed by atoms with van der Waals surface area (Å²) in [6.45, 7) is 3.48. The summed E-state index contributed by atoms with van der Waals surface area (Å²) in [4.78, 5) is 13.2. The molecule has 0 saturated heterocycles. The average molecular weight is 339 g/mol. The third-order valence-electron chi connectivity index (χ3n) is 4.00. The Hall–Kier alpha value is -1.40. The minimum Gasteiger partial charge on any atom is -0.355 e. The number of carbonyl (C=O) groups excluding carboxylic acids is 1. The maximum atomic E-state index is 12.2. The Morgan fingerprint density at radius 3 is 3.09 bits per heavy atom. The Bertz CT molecular complexity index is 666. The number of hydrogen-bond acceptors (Lipinski definition) is 4. The van der Waals surface area contributed by atoms with Gasteiger partial charge in [-0.3, -0.25) is 4.79 Å². The van der Waals surface area contributed by atoms with E-state index >= 15 is 0 Å². The molecule has 1 aliphatic rings. The van der Waals surface area contributed by atoms with E-state index < -0.39 is 0 Å². The van der Waals surface area contributed by atoms with Crippen molar-refractivity contribution >= 4 is 28.8 Å². The summed E-state index contributed by atoms with van der Waals surface area (Å²) in [5.41, 5.74) is 0. The van der Waals surface area contributed by atoms with Crippen LogP contribution in [0.3, 0.4) is 0 Å². The molecule has 2 aromatic rings. The zero-order chi connectivity index (χ0) is 15.5. The van der Waals surface area contributed by atoms with Crippen molar-refractivity contribution in [3.05, 3.63) is 33.0 Å². The van der Waals surface area contributed by atoms with Crippen LogP contribution in [0.4, 0.5) is 0 Å². The normalized spacial score (nSPS) is 15.4. The van der Waals surface area contributed by atoms with Crippen LogP contribution in [0.25, 0.3) is 0 Å². The van der Waals surface area contributed by atoms with Gasteiger partial charge in [-0.15, -0.1) is 21.5 Å². The molecule has 118 valence electrons. The first-order valence-electron chi connectivity index (χ1n) is 7.59. The maximum Gasteiger partial charge on any atom is 0.228 e. The van der Waals surface area contributed by atoms with Crippen LogP contribution in [0, 0.1) is 0 Å². The van der Waals surface area contributed by atoms with Crippen LogP contribution in [0.5, 0.6) is 0 Å². The second-order valence-corrected chi connectivity index (χ2v) is 7.29. The fraction of sp³-hybridized carbons (Fsp3) is 0.533. The van der Waals surface area contributed by atoms with Gasteiger partial charge in [-0.2, -0.15) is 0 Å². The minimum atomic E-state index is -0.176. The van der Waals surface area contributed by atoms with Crippen LogP contribution < -0.4 is 5.32 Å². The number of rotatable bonds is 5. The summed E-state index contributed by atoms with van der Waals surface area (Å²) >= 11 is 7.37. The first-order chi connectivity index (χ1) is 10.6. The molecule has 3 heterocycles. The highest BCUT2D eigenvalue weighted by Crippen LogP contribution is 2.28. The second-order valence-electron chi connectivity index (χ2n) is 5.55. The lowest BCUT2D eigenvalue weighted by molar-refractivity contribution is -0.122. The van der Waals surface area contributed by atoms with E-state index in [-0.39, 0.29) is 11.8 Å². The molecule has 0 bridgehead atoms. The molecule has 0 fully saturated rings. The molecule has 0 spiro atoms. The summed E-state index contributed by atoms with van der Waals surface area (Å²) in [6.07, 6.45) is 4.10. The van der Waals surface area contributed by atoms with E-state index in [1.54, 1.807) is 0 Å². The highest BCUT2D eigenvalue weighted by molar-refractivity contribution is 7.16. The van der Waals surface area contributed by atoms with Crippen molar-refractivity contribution in [1.82, 2.24) is 20.1 Å². The predicted octanol–water partition coefficient (Wildman–Crippen LogP) is 2.79. The number of hydrogen-bond donors (Lipinski definition) is 1. The number of halogens is 1. The topological polar surface area (TPSA) is 59.8 Å². The van der Waals surface area contributed by atoms with Crippen LogP contribution in [0.2, 0.25) is 4.34 Å². The fourth-order valence-corrected chi connectivity index (χ4v) is 3.81. The van der Waals surface area contributed by atoms with Gasteiger partial charge in [0.2, 0.25) is 5.91 Å². The summed E-state index contributed by atoms with van der Waals surface area (Å²) in [5, 5.41) is 11.5. The zero-order valence-corrected chi connectivity index (χ0v) is 14.1. The van der Waals surface area contributed by atoms with E-state index in [0.717, 1.165) is 35.9 Å². The molecule has 0 saturated carbocycles. The van der Waals surface area contributed by atoms with E-state index in [9.17, 15) is 4.79 Å². The third kappa shape index (κ3) is 3.33. The monoisotopic (exact) mass is 338 g/mol. The maximum absolute atomic E-state index is 12.2. The van der Waals surface area contributed by atoms with Gasteiger partial charge in [0.25, 0.3) is 0 Å². The first-order valence-corrected chi connectivity index (χ1v) is 8.78. The van der Waals surface area contributed by atoms with Crippen molar-refractivity contribution in [2.75, 3.05) is 6.54 Å². The molecule has 0 unspecified atom stereocenters. The molecule has 3 rings (SSSR count). The molecule has 0 aliphatic carbocycles. The van der Waals surface area contributed by atoms with Crippen molar-refractivity contribution in [2.24, 2.45) is 0 Å². The van der Waals surface area contributed by atoms with Crippen LogP contribution in [0.15, 0.2) is 12.1 Å². The van der Waals surface area contributed by atoms with Gasteiger partial charge in [-0.1, -0.05) is 11.6 Å². The molecular formula is C15H19ClN4OS. The van der Waals surface area contributed by atoms with Crippen LogP contribution in [-0.4, -0.2) is 27.2 Å². The molecule has 22 heavy (non-hydrogen) atoms. The van der Waals surface area contributed by atoms with Crippen LogP contribution in [-0.2, 0) is 24.2 Å². The molecule has 2 aromatic heterocycles. The van der Waals surface area contributed by atoms with Gasteiger partial charge in [-0.05, 0) is 31.9 Å². The Labute approximate surface area is 138 Å². The van der Waals surface area contributed by atoms with Crippen molar-refractivity contribution in [2.45, 2.75) is 45.1 Å². The highest BCUT2D eigenvalue weighted by atomic mass is 35.5. The number of amides is 1. The second kappa shape index (κ2) is 6.79. The fourth-order valence-electron chi connectivity index (χ4n) is 2.69. The van der Waals surface area contributed by atoms with Crippen LogP contribution >= 0.6 is 22.9 Å². The van der Waals surface area contributed by atoms with E-state index in [1.165, 1.54) is 24.2 Å². The zero-order valence-electron chi connectivity index (χ0n) is 12.5. The summed E-state index contributed by atoms with van der Waals surface area (Å²) in [6, 6.07) is 3.74. The summed E-state index contributed by atoms with van der Waals surface area (Å²) in [7, 11) is 0. The van der Waals surface area contributed by atoms with E-state index in [2.05, 4.69) is 20.1 Å². The molecule has 0 radical (unpaired) electrons. The smallest absolute Gasteiger partial charge is 0.228 e. The van der Waals surface area contributed by atoms with Crippen LogP contribution in [0.1, 0.15) is 42.2 Å². The molecule has 7 heteroatoms. The number of thiophene rings is 1. The van der Waals surface area contributed by atoms with Gasteiger partial charge in [0.1, 0.15) is 11.6 Å². The van der Waals surface area contributed by atoms with Gasteiger partial charge in [0.15, 0.2) is 0 Å². The molecule has 1 amide bonds. The Kier molecular flexibility index (Phi) is 4.78. The van der Waals surface area contributed by atoms with Crippen molar-refractivity contribution in [3.63, 3.8) is 0 Å². The molecule has 1 N–H and O–H groups in total. The van der Waals surface area contributed by atoms with Crippen molar-refractivity contribution in [1.29, 1.82) is 0 Å². The quantitative estimate of drug-likeness (QED) is 0.912. The minimum absolute atomic E-state index is 0.0249. The highest BCUT2D eigenvalue weighted by Gasteiger charge is 2.18. The van der Waals surface area contributed by atoms with Gasteiger partial charge in [0.05, 0.1) is 10.3 Å². The molecule has 1 aliphatic heterocycles. The van der Waals surface area contributed by atoms with Gasteiger partial charge >= 0.3 is 0 Å². The molecule has 0 aromatic carbocycles. The van der Waals surface area contributed by atoms with Crippen molar-refractivity contribution in [3.8, 4) is 0 Å². The Morgan fingerprint density at radius 1 is 1.45 bits per heavy atom. The average Bonchev–Trinajstić information content (AvgIpc) is 3.13. The largest absolute Gasteiger partial charge is 0.355 e. The Balaban J connectivity index is 1.52. The van der Waals surface area contributed by atoms with E-state index in [1.807, 2.05) is 19.1 Å². The number of carbonyl (C=O) groups is 1. The lowest BCUT2D eigenvalue weighted by Crippen LogP contribution is -2.30. The Morgan fingerprint density at radius 2 is 2.32 bits per heavy atom. The van der Waals surface area contributed by atoms with E-state index in [4.69, 9.17) is 11.6 Å². The molecular weight excluding hydrogens is 320 g/mol. The SMILES string of the molecule is C[C@H](C(=O)NCCc1nnc2n1CCCC2)c1ccc(Cl)s1. The lowest BCUT2D eigenvalue weighted by atomic mass is 10.1. The lowest BCUT2D eigenvalue weighted by Gasteiger charge is -2.15. The summed E-state index contributed by atoms with van der Waals surface area (Å²) in [5.74, 6) is 1.90. The van der Waals surface area contributed by atoms with E-state index in [0.29, 0.717) is 10.9 Å². The third-order valence-corrected chi connectivity index (χ3v) is 5.41. The van der Waals surface area contributed by atoms with Gasteiger partial charge < -0.3 is 9.88 Å². The van der Waals surface area contributed by atoms with Gasteiger partial charge in [-0.25, -0.2) is 0 Å². The number of fused-ring (bicyclic) bond motifs is 1. The molecule has 1 atom stereocenters.